The fourth-order valence-corrected chi connectivity index (χ4v) is 4.64. The van der Waals surface area contributed by atoms with Crippen LogP contribution in [0.5, 0.6) is 0 Å². The average Bonchev–Trinajstić information content (AvgIpc) is 3.19. The molecular formula is C25H18ClFN6O. The lowest BCUT2D eigenvalue weighted by molar-refractivity contribution is 0.629. The largest absolute Gasteiger partial charge is 0.272 e. The highest BCUT2D eigenvalue weighted by Crippen LogP contribution is 2.39. The van der Waals surface area contributed by atoms with Crippen molar-refractivity contribution < 1.29 is 4.39 Å². The molecule has 0 saturated carbocycles. The van der Waals surface area contributed by atoms with Gasteiger partial charge >= 0.3 is 0 Å². The highest BCUT2D eigenvalue weighted by molar-refractivity contribution is 6.31. The zero-order chi connectivity index (χ0) is 24.1. The zero-order valence-corrected chi connectivity index (χ0v) is 19.3. The SMILES string of the molecule is CCc1n[nH]c(=O)c2c(C)cc(-c3cnn(C)c3-c3c(F)cc4ncc(Cl)cc4c3C#N)cc12. The number of benzene rings is 2. The number of aromatic amines is 1. The number of rotatable bonds is 3. The molecule has 0 bridgehead atoms. The first kappa shape index (κ1) is 21.7. The van der Waals surface area contributed by atoms with E-state index in [1.165, 1.54) is 16.9 Å². The molecule has 0 aliphatic heterocycles. The van der Waals surface area contributed by atoms with E-state index >= 15 is 4.39 Å². The second-order valence-corrected chi connectivity index (χ2v) is 8.48. The van der Waals surface area contributed by atoms with Crippen LogP contribution in [0.3, 0.4) is 0 Å². The lowest BCUT2D eigenvalue weighted by Gasteiger charge is -2.14. The van der Waals surface area contributed by atoms with Gasteiger partial charge in [-0.1, -0.05) is 24.6 Å². The Hall–Kier alpha value is -4.09. The van der Waals surface area contributed by atoms with Crippen molar-refractivity contribution in [1.82, 2.24) is 25.0 Å². The highest BCUT2D eigenvalue weighted by atomic mass is 35.5. The van der Waals surface area contributed by atoms with Gasteiger partial charge in [-0.25, -0.2) is 9.49 Å². The number of pyridine rings is 1. The smallest absolute Gasteiger partial charge is 0.267 e. The molecule has 1 N–H and O–H groups in total. The summed E-state index contributed by atoms with van der Waals surface area (Å²) in [7, 11) is 1.69. The van der Waals surface area contributed by atoms with E-state index < -0.39 is 5.82 Å². The standard InChI is InChI=1S/C25H18ClFN6O/c1-4-20-16-6-13(5-12(2)22(16)25(34)32-31-20)18-11-30-33(3)24(18)23-17(9-28)15-7-14(26)10-29-21(15)8-19(23)27/h5-8,10-11H,4H2,1-3H3,(H,32,34). The number of H-pyrrole nitrogens is 1. The number of hydrogen-bond acceptors (Lipinski definition) is 5. The summed E-state index contributed by atoms with van der Waals surface area (Å²) < 4.78 is 17.0. The number of hydrogen-bond donors (Lipinski definition) is 1. The number of nitriles is 1. The topological polar surface area (TPSA) is 100 Å². The molecule has 34 heavy (non-hydrogen) atoms. The molecule has 0 atom stereocenters. The van der Waals surface area contributed by atoms with Gasteiger partial charge in [0.1, 0.15) is 11.9 Å². The van der Waals surface area contributed by atoms with E-state index in [-0.39, 0.29) is 16.7 Å². The van der Waals surface area contributed by atoms with E-state index in [9.17, 15) is 10.1 Å². The maximum atomic E-state index is 15.5. The minimum atomic E-state index is -0.589. The number of halogens is 2. The maximum absolute atomic E-state index is 15.5. The monoisotopic (exact) mass is 472 g/mol. The Balaban J connectivity index is 1.85. The molecule has 7 nitrogen and oxygen atoms in total. The molecule has 0 fully saturated rings. The van der Waals surface area contributed by atoms with Gasteiger partial charge in [0.25, 0.3) is 5.56 Å². The molecule has 2 aromatic carbocycles. The predicted molar refractivity (Wildman–Crippen MR) is 129 cm³/mol. The van der Waals surface area contributed by atoms with Gasteiger partial charge in [-0.15, -0.1) is 0 Å². The number of nitrogens with zero attached hydrogens (tertiary/aromatic N) is 5. The first-order chi connectivity index (χ1) is 16.3. The van der Waals surface area contributed by atoms with Crippen molar-refractivity contribution in [2.75, 3.05) is 0 Å². The van der Waals surface area contributed by atoms with Crippen molar-refractivity contribution in [2.24, 2.45) is 7.05 Å². The Kier molecular flexibility index (Phi) is 5.14. The van der Waals surface area contributed by atoms with E-state index in [0.29, 0.717) is 39.0 Å². The van der Waals surface area contributed by atoms with Gasteiger partial charge in [0, 0.05) is 35.6 Å². The molecule has 5 aromatic rings. The normalized spacial score (nSPS) is 11.3. The van der Waals surface area contributed by atoms with E-state index in [0.717, 1.165) is 22.2 Å². The van der Waals surface area contributed by atoms with Gasteiger partial charge in [-0.3, -0.25) is 14.5 Å². The Labute approximate surface area is 198 Å². The second-order valence-electron chi connectivity index (χ2n) is 8.04. The number of aryl methyl sites for hydroxylation is 3. The summed E-state index contributed by atoms with van der Waals surface area (Å²) in [5, 5.41) is 23.2. The summed E-state index contributed by atoms with van der Waals surface area (Å²) in [4.78, 5) is 16.6. The van der Waals surface area contributed by atoms with Crippen LogP contribution in [-0.2, 0) is 13.5 Å². The lowest BCUT2D eigenvalue weighted by Crippen LogP contribution is -2.12. The molecule has 9 heteroatoms. The summed E-state index contributed by atoms with van der Waals surface area (Å²) in [6, 6.07) is 8.76. The van der Waals surface area contributed by atoms with Gasteiger partial charge in [0.2, 0.25) is 0 Å². The van der Waals surface area contributed by atoms with Crippen LogP contribution in [0.15, 0.2) is 41.5 Å². The van der Waals surface area contributed by atoms with Gasteiger partial charge in [0.15, 0.2) is 0 Å². The summed E-state index contributed by atoms with van der Waals surface area (Å²) in [6.45, 7) is 3.81. The fourth-order valence-electron chi connectivity index (χ4n) is 4.48. The minimum absolute atomic E-state index is 0.117. The van der Waals surface area contributed by atoms with E-state index in [4.69, 9.17) is 11.6 Å². The molecule has 0 radical (unpaired) electrons. The third-order valence-electron chi connectivity index (χ3n) is 6.01. The van der Waals surface area contributed by atoms with Crippen LogP contribution in [0.1, 0.15) is 23.7 Å². The molecule has 5 rings (SSSR count). The van der Waals surface area contributed by atoms with Crippen molar-refractivity contribution >= 4 is 33.3 Å². The maximum Gasteiger partial charge on any atom is 0.272 e. The zero-order valence-electron chi connectivity index (χ0n) is 18.6. The van der Waals surface area contributed by atoms with E-state index in [2.05, 4.69) is 26.3 Å². The van der Waals surface area contributed by atoms with Crippen LogP contribution in [0.2, 0.25) is 5.02 Å². The van der Waals surface area contributed by atoms with Crippen molar-refractivity contribution in [3.63, 3.8) is 0 Å². The highest BCUT2D eigenvalue weighted by Gasteiger charge is 2.24. The van der Waals surface area contributed by atoms with Crippen molar-refractivity contribution in [1.29, 1.82) is 5.26 Å². The molecule has 3 aromatic heterocycles. The van der Waals surface area contributed by atoms with Crippen LogP contribution >= 0.6 is 11.6 Å². The molecule has 0 unspecified atom stereocenters. The molecule has 0 spiro atoms. The van der Waals surface area contributed by atoms with E-state index in [1.54, 1.807) is 19.3 Å². The summed E-state index contributed by atoms with van der Waals surface area (Å²) in [5.41, 5.74) is 3.63. The van der Waals surface area contributed by atoms with Gasteiger partial charge in [-0.2, -0.15) is 15.5 Å². The predicted octanol–water partition coefficient (Wildman–Crippen LogP) is 5.07. The minimum Gasteiger partial charge on any atom is -0.267 e. The third kappa shape index (κ3) is 3.25. The second kappa shape index (κ2) is 8.04. The molecule has 168 valence electrons. The van der Waals surface area contributed by atoms with Gasteiger partial charge in [-0.05, 0) is 36.6 Å². The molecular weight excluding hydrogens is 455 g/mol. The molecule has 0 aliphatic rings. The number of fused-ring (bicyclic) bond motifs is 2. The van der Waals surface area contributed by atoms with Crippen molar-refractivity contribution in [2.45, 2.75) is 20.3 Å². The quantitative estimate of drug-likeness (QED) is 0.395. The molecule has 0 saturated heterocycles. The molecule has 0 amide bonds. The first-order valence-electron chi connectivity index (χ1n) is 10.6. The van der Waals surface area contributed by atoms with Crippen LogP contribution in [-0.4, -0.2) is 25.0 Å². The summed E-state index contributed by atoms with van der Waals surface area (Å²) in [6.07, 6.45) is 3.67. The van der Waals surface area contributed by atoms with Crippen LogP contribution in [0.4, 0.5) is 4.39 Å². The fraction of sp³-hybridized carbons (Fsp3) is 0.160. The summed E-state index contributed by atoms with van der Waals surface area (Å²) in [5.74, 6) is -0.589. The first-order valence-corrected chi connectivity index (χ1v) is 10.9. The molecule has 0 aliphatic carbocycles. The van der Waals surface area contributed by atoms with Crippen LogP contribution in [0.25, 0.3) is 44.1 Å². The van der Waals surface area contributed by atoms with Crippen LogP contribution in [0, 0.1) is 24.1 Å². The van der Waals surface area contributed by atoms with Gasteiger partial charge in [0.05, 0.1) is 44.6 Å². The Morgan fingerprint density at radius 2 is 2.00 bits per heavy atom. The Morgan fingerprint density at radius 1 is 1.21 bits per heavy atom. The van der Waals surface area contributed by atoms with Crippen molar-refractivity contribution in [3.8, 4) is 28.5 Å². The Bertz CT molecular complexity index is 1730. The van der Waals surface area contributed by atoms with Crippen LogP contribution < -0.4 is 5.56 Å². The average molecular weight is 473 g/mol. The number of nitrogens with one attached hydrogen (secondary N) is 1. The lowest BCUT2D eigenvalue weighted by atomic mass is 9.92. The number of aromatic nitrogens is 5. The Morgan fingerprint density at radius 3 is 2.74 bits per heavy atom. The summed E-state index contributed by atoms with van der Waals surface area (Å²) >= 11 is 6.12. The third-order valence-corrected chi connectivity index (χ3v) is 6.21. The van der Waals surface area contributed by atoms with E-state index in [1.807, 2.05) is 26.0 Å². The molecule has 3 heterocycles. The van der Waals surface area contributed by atoms with Crippen molar-refractivity contribution in [3.05, 3.63) is 74.7 Å². The van der Waals surface area contributed by atoms with Gasteiger partial charge < -0.3 is 0 Å².